The minimum atomic E-state index is -1.04. The van der Waals surface area contributed by atoms with Crippen molar-refractivity contribution < 1.29 is 14.7 Å². The topological polar surface area (TPSA) is 79.3 Å². The maximum atomic E-state index is 11.3. The number of carboxylic acids is 1. The van der Waals surface area contributed by atoms with Crippen molar-refractivity contribution in [1.29, 1.82) is 0 Å². The Morgan fingerprint density at radius 2 is 2.25 bits per heavy atom. The molecule has 0 atom stereocenters. The average Bonchev–Trinajstić information content (AvgIpc) is 2.27. The van der Waals surface area contributed by atoms with Gasteiger partial charge in [-0.3, -0.25) is 4.79 Å². The van der Waals surface area contributed by atoms with Gasteiger partial charge < -0.3 is 10.4 Å². The molecule has 84 valence electrons. The Hall–Kier alpha value is -2.17. The normalized spacial score (nSPS) is 9.50. The van der Waals surface area contributed by atoms with E-state index in [4.69, 9.17) is 5.11 Å². The number of pyridine rings is 1. The van der Waals surface area contributed by atoms with E-state index in [1.165, 1.54) is 18.3 Å². The van der Waals surface area contributed by atoms with Crippen molar-refractivity contribution in [2.75, 3.05) is 5.32 Å². The van der Waals surface area contributed by atoms with Gasteiger partial charge in [-0.15, -0.1) is 6.58 Å². The molecule has 0 saturated carbocycles. The quantitative estimate of drug-likeness (QED) is 0.740. The summed E-state index contributed by atoms with van der Waals surface area (Å²) in [5, 5.41) is 11.2. The summed E-state index contributed by atoms with van der Waals surface area (Å²) in [4.78, 5) is 25.6. The molecule has 1 aromatic heterocycles. The molecule has 16 heavy (non-hydrogen) atoms. The van der Waals surface area contributed by atoms with Crippen LogP contribution in [0.25, 0.3) is 0 Å². The average molecular weight is 220 g/mol. The Kier molecular flexibility index (Phi) is 4.20. The molecule has 1 amide bonds. The highest BCUT2D eigenvalue weighted by molar-refractivity contribution is 5.91. The van der Waals surface area contributed by atoms with Gasteiger partial charge in [0.25, 0.3) is 0 Å². The summed E-state index contributed by atoms with van der Waals surface area (Å²) in [6, 6.07) is 2.84. The number of hydrogen-bond donors (Lipinski definition) is 2. The highest BCUT2D eigenvalue weighted by atomic mass is 16.4. The molecular formula is C11H12N2O3. The molecule has 0 aliphatic heterocycles. The number of rotatable bonds is 5. The second kappa shape index (κ2) is 5.65. The zero-order valence-electron chi connectivity index (χ0n) is 8.64. The molecule has 2 N–H and O–H groups in total. The van der Waals surface area contributed by atoms with Crippen molar-refractivity contribution in [1.82, 2.24) is 4.98 Å². The van der Waals surface area contributed by atoms with Gasteiger partial charge in [0.1, 0.15) is 5.82 Å². The number of nitrogens with one attached hydrogen (secondary N) is 1. The Labute approximate surface area is 92.8 Å². The monoisotopic (exact) mass is 220 g/mol. The number of aromatic nitrogens is 1. The van der Waals surface area contributed by atoms with E-state index in [0.717, 1.165) is 0 Å². The molecule has 1 heterocycles. The van der Waals surface area contributed by atoms with Gasteiger partial charge >= 0.3 is 5.97 Å². The lowest BCUT2D eigenvalue weighted by Gasteiger charge is -2.03. The van der Waals surface area contributed by atoms with Gasteiger partial charge in [-0.2, -0.15) is 0 Å². The standard InChI is InChI=1S/C11H12N2O3/c1-2-3-4-10(14)13-9-6-5-8(7-12-9)11(15)16/h2,5-7H,1,3-4H2,(H,15,16)(H,12,13,14). The largest absolute Gasteiger partial charge is 0.478 e. The van der Waals surface area contributed by atoms with Crippen molar-refractivity contribution in [3.05, 3.63) is 36.5 Å². The Bertz CT molecular complexity index is 398. The van der Waals surface area contributed by atoms with Crippen LogP contribution in [0.5, 0.6) is 0 Å². The zero-order chi connectivity index (χ0) is 12.0. The van der Waals surface area contributed by atoms with Crippen molar-refractivity contribution in [3.63, 3.8) is 0 Å². The lowest BCUT2D eigenvalue weighted by Crippen LogP contribution is -2.12. The van der Waals surface area contributed by atoms with E-state index in [0.29, 0.717) is 18.7 Å². The molecule has 5 heteroatoms. The van der Waals surface area contributed by atoms with Crippen molar-refractivity contribution in [2.45, 2.75) is 12.8 Å². The summed E-state index contributed by atoms with van der Waals surface area (Å²) in [5.74, 6) is -0.869. The van der Waals surface area contributed by atoms with Crippen LogP contribution in [0.4, 0.5) is 5.82 Å². The molecule has 1 aromatic rings. The van der Waals surface area contributed by atoms with Gasteiger partial charge in [0.15, 0.2) is 0 Å². The number of carboxylic acid groups (broad SMARTS) is 1. The third-order valence-electron chi connectivity index (χ3n) is 1.85. The van der Waals surface area contributed by atoms with Crippen LogP contribution in [-0.4, -0.2) is 22.0 Å². The molecule has 0 saturated heterocycles. The first-order valence-electron chi connectivity index (χ1n) is 4.73. The van der Waals surface area contributed by atoms with Crippen molar-refractivity contribution >= 4 is 17.7 Å². The molecule has 0 aliphatic carbocycles. The second-order valence-corrected chi connectivity index (χ2v) is 3.11. The van der Waals surface area contributed by atoms with Gasteiger partial charge in [-0.25, -0.2) is 9.78 Å². The summed E-state index contributed by atoms with van der Waals surface area (Å²) in [6.07, 6.45) is 3.79. The maximum Gasteiger partial charge on any atom is 0.337 e. The number of aromatic carboxylic acids is 1. The molecular weight excluding hydrogens is 208 g/mol. The van der Waals surface area contributed by atoms with Gasteiger partial charge in [-0.05, 0) is 18.6 Å². The van der Waals surface area contributed by atoms with Crippen LogP contribution in [0.3, 0.4) is 0 Å². The molecule has 5 nitrogen and oxygen atoms in total. The van der Waals surface area contributed by atoms with Crippen LogP contribution in [-0.2, 0) is 4.79 Å². The van der Waals surface area contributed by atoms with E-state index < -0.39 is 5.97 Å². The van der Waals surface area contributed by atoms with Gasteiger partial charge in [0.05, 0.1) is 5.56 Å². The molecule has 0 fully saturated rings. The number of carbonyl (C=O) groups excluding carboxylic acids is 1. The smallest absolute Gasteiger partial charge is 0.337 e. The summed E-state index contributed by atoms with van der Waals surface area (Å²) < 4.78 is 0. The maximum absolute atomic E-state index is 11.3. The van der Waals surface area contributed by atoms with Crippen LogP contribution < -0.4 is 5.32 Å². The highest BCUT2D eigenvalue weighted by Gasteiger charge is 2.05. The number of hydrogen-bond acceptors (Lipinski definition) is 3. The summed E-state index contributed by atoms with van der Waals surface area (Å²) >= 11 is 0. The van der Waals surface area contributed by atoms with E-state index in [9.17, 15) is 9.59 Å². The molecule has 0 spiro atoms. The summed E-state index contributed by atoms with van der Waals surface area (Å²) in [7, 11) is 0. The minimum Gasteiger partial charge on any atom is -0.478 e. The Balaban J connectivity index is 2.58. The van der Waals surface area contributed by atoms with Gasteiger partial charge in [0, 0.05) is 12.6 Å². The predicted octanol–water partition coefficient (Wildman–Crippen LogP) is 1.68. The third kappa shape index (κ3) is 3.53. The lowest BCUT2D eigenvalue weighted by molar-refractivity contribution is -0.116. The molecule has 0 radical (unpaired) electrons. The summed E-state index contributed by atoms with van der Waals surface area (Å²) in [6.45, 7) is 3.51. The first-order valence-corrected chi connectivity index (χ1v) is 4.73. The lowest BCUT2D eigenvalue weighted by atomic mass is 10.2. The first-order chi connectivity index (χ1) is 7.63. The number of nitrogens with zero attached hydrogens (tertiary/aromatic N) is 1. The van der Waals surface area contributed by atoms with Crippen molar-refractivity contribution in [2.24, 2.45) is 0 Å². The Morgan fingerprint density at radius 3 is 2.75 bits per heavy atom. The van der Waals surface area contributed by atoms with E-state index >= 15 is 0 Å². The first kappa shape index (κ1) is 11.9. The number of allylic oxidation sites excluding steroid dienone is 1. The second-order valence-electron chi connectivity index (χ2n) is 3.11. The van der Waals surface area contributed by atoms with Crippen LogP contribution >= 0.6 is 0 Å². The highest BCUT2D eigenvalue weighted by Crippen LogP contribution is 2.06. The SMILES string of the molecule is C=CCCC(=O)Nc1ccc(C(=O)O)cn1. The molecule has 0 aromatic carbocycles. The zero-order valence-corrected chi connectivity index (χ0v) is 8.64. The van der Waals surface area contributed by atoms with E-state index in [1.54, 1.807) is 6.08 Å². The van der Waals surface area contributed by atoms with Crippen LogP contribution in [0.1, 0.15) is 23.2 Å². The fourth-order valence-corrected chi connectivity index (χ4v) is 1.03. The van der Waals surface area contributed by atoms with Gasteiger partial charge in [-0.1, -0.05) is 6.08 Å². The number of carbonyl (C=O) groups is 2. The number of amides is 1. The van der Waals surface area contributed by atoms with E-state index in [2.05, 4.69) is 16.9 Å². The number of anilines is 1. The van der Waals surface area contributed by atoms with Crippen LogP contribution in [0, 0.1) is 0 Å². The van der Waals surface area contributed by atoms with Gasteiger partial charge in [0.2, 0.25) is 5.91 Å². The third-order valence-corrected chi connectivity index (χ3v) is 1.85. The molecule has 0 aliphatic rings. The van der Waals surface area contributed by atoms with E-state index in [1.807, 2.05) is 0 Å². The summed E-state index contributed by atoms with van der Waals surface area (Å²) in [5.41, 5.74) is 0.0871. The molecule has 0 bridgehead atoms. The van der Waals surface area contributed by atoms with Crippen LogP contribution in [0.15, 0.2) is 31.0 Å². The molecule has 1 rings (SSSR count). The fourth-order valence-electron chi connectivity index (χ4n) is 1.03. The Morgan fingerprint density at radius 1 is 1.50 bits per heavy atom. The minimum absolute atomic E-state index is 0.0871. The fraction of sp³-hybridized carbons (Fsp3) is 0.182. The predicted molar refractivity (Wildman–Crippen MR) is 59.3 cm³/mol. The van der Waals surface area contributed by atoms with E-state index in [-0.39, 0.29) is 11.5 Å². The molecule has 0 unspecified atom stereocenters. The van der Waals surface area contributed by atoms with Crippen LogP contribution in [0.2, 0.25) is 0 Å². The van der Waals surface area contributed by atoms with Crippen molar-refractivity contribution in [3.8, 4) is 0 Å².